The Morgan fingerprint density at radius 3 is 2.69 bits per heavy atom. The molecule has 5 heterocycles. The molecule has 3 aromatic rings. The predicted octanol–water partition coefficient (Wildman–Crippen LogP) is 4.80. The molecule has 45 heavy (non-hydrogen) atoms. The van der Waals surface area contributed by atoms with Crippen molar-refractivity contribution in [2.24, 2.45) is 5.92 Å². The van der Waals surface area contributed by atoms with Crippen LogP contribution in [0, 0.1) is 5.92 Å². The number of amides is 1. The van der Waals surface area contributed by atoms with E-state index in [2.05, 4.69) is 34.0 Å². The van der Waals surface area contributed by atoms with Gasteiger partial charge in [0.2, 0.25) is 5.88 Å². The van der Waals surface area contributed by atoms with Gasteiger partial charge >= 0.3 is 6.18 Å². The van der Waals surface area contributed by atoms with E-state index < -0.39 is 26.9 Å². The van der Waals surface area contributed by atoms with Crippen LogP contribution < -0.4 is 19.7 Å². The molecule has 2 fully saturated rings. The minimum atomic E-state index is -4.29. The number of carbonyl (C=O) groups excluding carboxylic acids is 1. The third-order valence-electron chi connectivity index (χ3n) is 8.37. The molecule has 1 atom stereocenters. The molecule has 1 aliphatic carbocycles. The fraction of sp³-hybridized carbons (Fsp3) is 0.517. The van der Waals surface area contributed by atoms with Gasteiger partial charge in [-0.05, 0) is 76.1 Å². The molecular weight excluding hydrogens is 631 g/mol. The van der Waals surface area contributed by atoms with E-state index >= 15 is 0 Å². The Bertz CT molecular complexity index is 1690. The maximum absolute atomic E-state index is 13.6. The number of hydrogen-bond acceptors (Lipinski definition) is 10. The molecule has 0 radical (unpaired) electrons. The molecule has 6 rings (SSSR count). The summed E-state index contributed by atoms with van der Waals surface area (Å²) >= 11 is 0.859. The van der Waals surface area contributed by atoms with E-state index in [1.54, 1.807) is 30.5 Å². The average molecular weight is 666 g/mol. The number of halogens is 3. The van der Waals surface area contributed by atoms with Crippen molar-refractivity contribution in [2.75, 3.05) is 35.7 Å². The number of hydrogen-bond donors (Lipinski definition) is 2. The number of nitrogens with one attached hydrogen (secondary N) is 2. The van der Waals surface area contributed by atoms with Crippen molar-refractivity contribution in [1.82, 2.24) is 24.5 Å². The van der Waals surface area contributed by atoms with Gasteiger partial charge in [-0.15, -0.1) is 16.9 Å². The van der Waals surface area contributed by atoms with Crippen LogP contribution in [0.5, 0.6) is 5.88 Å². The van der Waals surface area contributed by atoms with Crippen LogP contribution in [0.1, 0.15) is 56.3 Å². The molecule has 2 aliphatic heterocycles. The second kappa shape index (κ2) is 11.7. The van der Waals surface area contributed by atoms with Crippen molar-refractivity contribution in [3.63, 3.8) is 0 Å². The number of aromatic nitrogens is 4. The highest BCUT2D eigenvalue weighted by Gasteiger charge is 2.63. The van der Waals surface area contributed by atoms with Crippen molar-refractivity contribution in [3.8, 4) is 11.7 Å². The van der Waals surface area contributed by atoms with Crippen molar-refractivity contribution in [1.29, 1.82) is 0 Å². The maximum atomic E-state index is 13.6. The third-order valence-corrected chi connectivity index (χ3v) is 11.2. The molecule has 0 spiro atoms. The molecule has 0 aromatic carbocycles. The van der Waals surface area contributed by atoms with E-state index in [1.165, 1.54) is 16.8 Å². The normalized spacial score (nSPS) is 21.9. The Hall–Kier alpha value is -3.53. The molecule has 3 aromatic heterocycles. The molecule has 16 heteroatoms. The van der Waals surface area contributed by atoms with Crippen LogP contribution in [-0.2, 0) is 10.0 Å². The number of alkyl halides is 3. The van der Waals surface area contributed by atoms with Gasteiger partial charge in [-0.1, -0.05) is 6.07 Å². The number of rotatable bonds is 6. The first kappa shape index (κ1) is 31.5. The van der Waals surface area contributed by atoms with Gasteiger partial charge in [0, 0.05) is 36.6 Å². The first-order chi connectivity index (χ1) is 21.3. The summed E-state index contributed by atoms with van der Waals surface area (Å²) in [6.45, 7) is 5.43. The summed E-state index contributed by atoms with van der Waals surface area (Å²) < 4.78 is 73.5. The SMILES string of the molecule is CC1(C)C[C@@H]2CCCNc3cccc(n3)S(=O)(=O)NC(=O)c3ccc(-n4ccc(OCCSC5(C(F)(F)F)CC5)n4)nc3N1C2. The minimum Gasteiger partial charge on any atom is -0.476 e. The lowest BCUT2D eigenvalue weighted by Crippen LogP contribution is -2.41. The van der Waals surface area contributed by atoms with Gasteiger partial charge in [-0.3, -0.25) is 4.79 Å². The summed E-state index contributed by atoms with van der Waals surface area (Å²) in [6, 6.07) is 9.23. The van der Waals surface area contributed by atoms with Crippen LogP contribution in [0.4, 0.5) is 24.8 Å². The van der Waals surface area contributed by atoms with E-state index in [-0.39, 0.29) is 47.2 Å². The van der Waals surface area contributed by atoms with E-state index in [1.807, 2.05) is 4.90 Å². The average Bonchev–Trinajstić information content (AvgIpc) is 3.53. The van der Waals surface area contributed by atoms with Crippen molar-refractivity contribution >= 4 is 39.3 Å². The highest BCUT2D eigenvalue weighted by Crippen LogP contribution is 2.58. The van der Waals surface area contributed by atoms with Crippen LogP contribution in [-0.4, -0.2) is 76.0 Å². The fourth-order valence-corrected chi connectivity index (χ4v) is 7.97. The zero-order valence-corrected chi connectivity index (χ0v) is 26.4. The lowest BCUT2D eigenvalue weighted by molar-refractivity contribution is -0.135. The number of ether oxygens (including phenoxy) is 1. The van der Waals surface area contributed by atoms with Crippen molar-refractivity contribution < 1.29 is 31.1 Å². The van der Waals surface area contributed by atoms with Gasteiger partial charge in [-0.25, -0.2) is 19.4 Å². The topological polar surface area (TPSA) is 131 Å². The Kier molecular flexibility index (Phi) is 8.16. The first-order valence-electron chi connectivity index (χ1n) is 14.7. The van der Waals surface area contributed by atoms with Crippen molar-refractivity contribution in [3.05, 3.63) is 48.2 Å². The Morgan fingerprint density at radius 1 is 1.13 bits per heavy atom. The standard InChI is InChI=1S/C29H34F3N7O4S2/c1-27(2)17-19-5-4-13-33-21-6-3-7-24(34-21)45(41,42)37-26(40)20-8-9-22(35-25(20)38(27)18-19)39-14-10-23(36-39)43-15-16-44-28(11-12-28)29(30,31)32/h3,6-10,14,19H,4-5,11-13,15-18H2,1-2H3,(H,33,34)(H,37,40)/t19-/m0/s1. The summed E-state index contributed by atoms with van der Waals surface area (Å²) in [5.41, 5.74) is -0.300. The maximum Gasteiger partial charge on any atom is 0.403 e. The Labute approximate surface area is 263 Å². The molecule has 1 saturated heterocycles. The predicted molar refractivity (Wildman–Crippen MR) is 163 cm³/mol. The number of anilines is 2. The Morgan fingerprint density at radius 2 is 1.93 bits per heavy atom. The van der Waals surface area contributed by atoms with Crippen LogP contribution >= 0.6 is 11.8 Å². The molecular formula is C29H34F3N7O4S2. The lowest BCUT2D eigenvalue weighted by Gasteiger charge is -2.34. The molecule has 4 bridgehead atoms. The number of nitrogens with zero attached hydrogens (tertiary/aromatic N) is 5. The van der Waals surface area contributed by atoms with Gasteiger partial charge in [0.15, 0.2) is 10.8 Å². The molecule has 1 saturated carbocycles. The van der Waals surface area contributed by atoms with Crippen molar-refractivity contribution in [2.45, 2.75) is 67.4 Å². The van der Waals surface area contributed by atoms with E-state index in [0.717, 1.165) is 31.0 Å². The zero-order chi connectivity index (χ0) is 32.0. The van der Waals surface area contributed by atoms with Gasteiger partial charge < -0.3 is 15.0 Å². The summed E-state index contributed by atoms with van der Waals surface area (Å²) in [5, 5.41) is 7.29. The molecule has 11 nitrogen and oxygen atoms in total. The van der Waals surface area contributed by atoms with Gasteiger partial charge in [0.25, 0.3) is 15.9 Å². The quantitative estimate of drug-likeness (QED) is 0.354. The number of fused-ring (bicyclic) bond motifs is 6. The summed E-state index contributed by atoms with van der Waals surface area (Å²) in [6.07, 6.45) is 0.229. The summed E-state index contributed by atoms with van der Waals surface area (Å²) in [4.78, 5) is 24.6. The lowest BCUT2D eigenvalue weighted by atomic mass is 9.93. The highest BCUT2D eigenvalue weighted by atomic mass is 32.2. The van der Waals surface area contributed by atoms with Crippen LogP contribution in [0.15, 0.2) is 47.6 Å². The third kappa shape index (κ3) is 6.57. The molecule has 242 valence electrons. The molecule has 1 amide bonds. The van der Waals surface area contributed by atoms with Gasteiger partial charge in [0.1, 0.15) is 16.4 Å². The molecule has 3 aliphatic rings. The number of thioether (sulfide) groups is 1. The largest absolute Gasteiger partial charge is 0.476 e. The summed E-state index contributed by atoms with van der Waals surface area (Å²) in [7, 11) is -4.29. The summed E-state index contributed by atoms with van der Waals surface area (Å²) in [5.74, 6) is 0.951. The minimum absolute atomic E-state index is 0.0579. The van der Waals surface area contributed by atoms with E-state index in [0.29, 0.717) is 36.5 Å². The Balaban J connectivity index is 1.26. The highest BCUT2D eigenvalue weighted by molar-refractivity contribution is 8.01. The number of pyridine rings is 2. The smallest absolute Gasteiger partial charge is 0.403 e. The van der Waals surface area contributed by atoms with Crippen LogP contribution in [0.2, 0.25) is 0 Å². The fourth-order valence-electron chi connectivity index (χ4n) is 5.92. The van der Waals surface area contributed by atoms with Crippen LogP contribution in [0.25, 0.3) is 5.82 Å². The van der Waals surface area contributed by atoms with E-state index in [4.69, 9.17) is 9.72 Å². The first-order valence-corrected chi connectivity index (χ1v) is 17.2. The number of carbonyl (C=O) groups is 1. The van der Waals surface area contributed by atoms with Gasteiger partial charge in [0.05, 0.1) is 12.2 Å². The van der Waals surface area contributed by atoms with Crippen LogP contribution in [0.3, 0.4) is 0 Å². The molecule has 2 N–H and O–H groups in total. The zero-order valence-electron chi connectivity index (χ0n) is 24.8. The second-order valence-corrected chi connectivity index (χ2v) is 15.3. The monoisotopic (exact) mass is 665 g/mol. The van der Waals surface area contributed by atoms with Gasteiger partial charge in [-0.2, -0.15) is 21.6 Å². The molecule has 0 unspecified atom stereocenters. The second-order valence-electron chi connectivity index (χ2n) is 12.2. The number of sulfonamides is 1. The van der Waals surface area contributed by atoms with E-state index in [9.17, 15) is 26.4 Å².